The van der Waals surface area contributed by atoms with Gasteiger partial charge in [-0.25, -0.2) is 0 Å². The largest absolute Gasteiger partial charge is 0.461 e. The van der Waals surface area contributed by atoms with Gasteiger partial charge in [0.25, 0.3) is 0 Å². The molecule has 0 saturated heterocycles. The number of hydrogen-bond acceptors (Lipinski definition) is 3. The maximum atomic E-state index is 11.0. The Morgan fingerprint density at radius 1 is 1.48 bits per heavy atom. The van der Waals surface area contributed by atoms with Gasteiger partial charge in [0, 0.05) is 10.9 Å². The number of aryl methyl sites for hydroxylation is 1. The summed E-state index contributed by atoms with van der Waals surface area (Å²) in [6, 6.07) is 10.2. The van der Waals surface area contributed by atoms with Crippen LogP contribution in [0.15, 0.2) is 28.7 Å². The highest BCUT2D eigenvalue weighted by Crippen LogP contribution is 2.52. The summed E-state index contributed by atoms with van der Waals surface area (Å²) < 4.78 is 5.75. The standard InChI is InChI=1S/C18H21NO2/c1-3-13-8-9-18(10-13,11-19)17(20)16-12(2)21-15-7-5-4-6-14(15)16/h4-7,13,17,20H,3,8-10H2,1-2H3. The van der Waals surface area contributed by atoms with E-state index in [1.807, 2.05) is 31.2 Å². The van der Waals surface area contributed by atoms with Crippen LogP contribution < -0.4 is 0 Å². The summed E-state index contributed by atoms with van der Waals surface area (Å²) in [6.45, 7) is 4.03. The van der Waals surface area contributed by atoms with Crippen molar-refractivity contribution in [1.82, 2.24) is 0 Å². The molecule has 1 heterocycles. The first-order chi connectivity index (χ1) is 10.1. The normalized spacial score (nSPS) is 26.9. The molecule has 3 nitrogen and oxygen atoms in total. The lowest BCUT2D eigenvalue weighted by molar-refractivity contribution is 0.0638. The Morgan fingerprint density at radius 2 is 2.24 bits per heavy atom. The van der Waals surface area contributed by atoms with E-state index in [-0.39, 0.29) is 0 Å². The fourth-order valence-corrected chi connectivity index (χ4v) is 3.74. The lowest BCUT2D eigenvalue weighted by atomic mass is 9.77. The number of hydrogen-bond donors (Lipinski definition) is 1. The molecule has 3 rings (SSSR count). The van der Waals surface area contributed by atoms with Gasteiger partial charge < -0.3 is 9.52 Å². The lowest BCUT2D eigenvalue weighted by Gasteiger charge is -2.27. The van der Waals surface area contributed by atoms with Gasteiger partial charge in [-0.05, 0) is 38.2 Å². The Bertz CT molecular complexity index is 697. The third kappa shape index (κ3) is 2.15. The van der Waals surface area contributed by atoms with Crippen molar-refractivity contribution in [3.05, 3.63) is 35.6 Å². The number of benzene rings is 1. The van der Waals surface area contributed by atoms with Gasteiger partial charge in [-0.2, -0.15) is 5.26 Å². The monoisotopic (exact) mass is 283 g/mol. The number of nitrogens with zero attached hydrogens (tertiary/aromatic N) is 1. The number of rotatable bonds is 3. The predicted molar refractivity (Wildman–Crippen MR) is 81.6 cm³/mol. The van der Waals surface area contributed by atoms with E-state index in [1.165, 1.54) is 0 Å². The maximum absolute atomic E-state index is 11.0. The maximum Gasteiger partial charge on any atom is 0.134 e. The van der Waals surface area contributed by atoms with Gasteiger partial charge in [0.2, 0.25) is 0 Å². The zero-order valence-corrected chi connectivity index (χ0v) is 12.6. The third-order valence-electron chi connectivity index (χ3n) is 5.07. The van der Waals surface area contributed by atoms with Crippen LogP contribution in [0.2, 0.25) is 0 Å². The van der Waals surface area contributed by atoms with E-state index in [9.17, 15) is 10.4 Å². The minimum atomic E-state index is -0.775. The average molecular weight is 283 g/mol. The molecule has 2 aromatic rings. The average Bonchev–Trinajstić information content (AvgIpc) is 3.07. The first-order valence-electron chi connectivity index (χ1n) is 7.68. The van der Waals surface area contributed by atoms with Gasteiger partial charge in [0.05, 0.1) is 11.5 Å². The highest BCUT2D eigenvalue weighted by molar-refractivity contribution is 5.82. The molecule has 1 aromatic carbocycles. The lowest BCUT2D eigenvalue weighted by Crippen LogP contribution is -2.25. The Morgan fingerprint density at radius 3 is 2.90 bits per heavy atom. The highest BCUT2D eigenvalue weighted by Gasteiger charge is 2.46. The second-order valence-electron chi connectivity index (χ2n) is 6.26. The van der Waals surface area contributed by atoms with Crippen molar-refractivity contribution in [3.8, 4) is 6.07 Å². The molecule has 110 valence electrons. The number of nitriles is 1. The number of furan rings is 1. The van der Waals surface area contributed by atoms with Crippen LogP contribution in [0.5, 0.6) is 0 Å². The molecule has 21 heavy (non-hydrogen) atoms. The van der Waals surface area contributed by atoms with E-state index in [0.717, 1.165) is 48.0 Å². The van der Waals surface area contributed by atoms with E-state index in [2.05, 4.69) is 13.0 Å². The van der Waals surface area contributed by atoms with E-state index in [4.69, 9.17) is 4.42 Å². The van der Waals surface area contributed by atoms with Gasteiger partial charge in [-0.3, -0.25) is 0 Å². The van der Waals surface area contributed by atoms with Crippen LogP contribution in [0.25, 0.3) is 11.0 Å². The van der Waals surface area contributed by atoms with Crippen molar-refractivity contribution < 1.29 is 9.52 Å². The summed E-state index contributed by atoms with van der Waals surface area (Å²) in [5.41, 5.74) is 0.907. The summed E-state index contributed by atoms with van der Waals surface area (Å²) in [7, 11) is 0. The zero-order valence-electron chi connectivity index (χ0n) is 12.6. The Kier molecular flexibility index (Phi) is 3.51. The summed E-state index contributed by atoms with van der Waals surface area (Å²) >= 11 is 0. The number of fused-ring (bicyclic) bond motifs is 1. The molecule has 1 N–H and O–H groups in total. The quantitative estimate of drug-likeness (QED) is 0.902. The molecule has 3 heteroatoms. The molecule has 3 unspecified atom stereocenters. The van der Waals surface area contributed by atoms with Crippen molar-refractivity contribution in [2.45, 2.75) is 45.6 Å². The minimum Gasteiger partial charge on any atom is -0.461 e. The molecule has 1 fully saturated rings. The van der Waals surface area contributed by atoms with Crippen LogP contribution in [0.4, 0.5) is 0 Å². The van der Waals surface area contributed by atoms with Crippen LogP contribution in [0, 0.1) is 29.6 Å². The molecule has 0 spiro atoms. The fourth-order valence-electron chi connectivity index (χ4n) is 3.74. The predicted octanol–water partition coefficient (Wildman–Crippen LogP) is 4.49. The smallest absolute Gasteiger partial charge is 0.134 e. The van der Waals surface area contributed by atoms with Gasteiger partial charge in [0.1, 0.15) is 17.4 Å². The van der Waals surface area contributed by atoms with E-state index >= 15 is 0 Å². The summed E-state index contributed by atoms with van der Waals surface area (Å²) in [6.07, 6.45) is 2.86. The summed E-state index contributed by atoms with van der Waals surface area (Å²) in [5.74, 6) is 1.26. The molecule has 0 bridgehead atoms. The van der Waals surface area contributed by atoms with E-state index < -0.39 is 11.5 Å². The van der Waals surface area contributed by atoms with Crippen molar-refractivity contribution in [3.63, 3.8) is 0 Å². The van der Waals surface area contributed by atoms with Crippen LogP contribution >= 0.6 is 0 Å². The molecule has 0 amide bonds. The van der Waals surface area contributed by atoms with Crippen LogP contribution in [0.1, 0.15) is 50.0 Å². The molecule has 1 aliphatic carbocycles. The van der Waals surface area contributed by atoms with Crippen LogP contribution in [-0.2, 0) is 0 Å². The molecule has 1 saturated carbocycles. The minimum absolute atomic E-state index is 0.540. The first kappa shape index (κ1) is 14.2. The summed E-state index contributed by atoms with van der Waals surface area (Å²) in [4.78, 5) is 0. The van der Waals surface area contributed by atoms with Crippen molar-refractivity contribution in [1.29, 1.82) is 5.26 Å². The third-order valence-corrected chi connectivity index (χ3v) is 5.07. The first-order valence-corrected chi connectivity index (χ1v) is 7.68. The molecule has 1 aromatic heterocycles. The SMILES string of the molecule is CCC1CCC(C#N)(C(O)c2c(C)oc3ccccc23)C1. The number of para-hydroxylation sites is 1. The molecule has 0 aliphatic heterocycles. The summed E-state index contributed by atoms with van der Waals surface area (Å²) in [5, 5.41) is 21.6. The van der Waals surface area contributed by atoms with Crippen LogP contribution in [0.3, 0.4) is 0 Å². The van der Waals surface area contributed by atoms with Crippen molar-refractivity contribution >= 4 is 11.0 Å². The van der Waals surface area contributed by atoms with Gasteiger partial charge >= 0.3 is 0 Å². The second-order valence-corrected chi connectivity index (χ2v) is 6.26. The van der Waals surface area contributed by atoms with Crippen LogP contribution in [-0.4, -0.2) is 5.11 Å². The molecule has 3 atom stereocenters. The van der Waals surface area contributed by atoms with Crippen molar-refractivity contribution in [2.24, 2.45) is 11.3 Å². The van der Waals surface area contributed by atoms with E-state index in [1.54, 1.807) is 0 Å². The van der Waals surface area contributed by atoms with Gasteiger partial charge in [0.15, 0.2) is 0 Å². The molecule has 1 aliphatic rings. The molecule has 0 radical (unpaired) electrons. The number of aliphatic hydroxyl groups excluding tert-OH is 1. The highest BCUT2D eigenvalue weighted by atomic mass is 16.3. The van der Waals surface area contributed by atoms with E-state index in [0.29, 0.717) is 5.92 Å². The Balaban J connectivity index is 2.06. The second kappa shape index (κ2) is 5.20. The molecular formula is C18H21NO2. The fraction of sp³-hybridized carbons (Fsp3) is 0.500. The topological polar surface area (TPSA) is 57.2 Å². The molecular weight excluding hydrogens is 262 g/mol. The van der Waals surface area contributed by atoms with Gasteiger partial charge in [-0.15, -0.1) is 0 Å². The van der Waals surface area contributed by atoms with Crippen molar-refractivity contribution in [2.75, 3.05) is 0 Å². The zero-order chi connectivity index (χ0) is 15.0. The Hall–Kier alpha value is -1.79. The van der Waals surface area contributed by atoms with Gasteiger partial charge in [-0.1, -0.05) is 31.5 Å². The number of aliphatic hydroxyl groups is 1. The Labute approximate surface area is 125 Å².